The van der Waals surface area contributed by atoms with E-state index in [1.165, 1.54) is 12.1 Å². The second kappa shape index (κ2) is 5.88. The molecule has 0 saturated heterocycles. The van der Waals surface area contributed by atoms with Gasteiger partial charge in [-0.3, -0.25) is 4.79 Å². The minimum absolute atomic E-state index is 0.0817. The fourth-order valence-corrected chi connectivity index (χ4v) is 1.69. The molecule has 0 aliphatic carbocycles. The van der Waals surface area contributed by atoms with Crippen LogP contribution in [0.15, 0.2) is 53.6 Å². The van der Waals surface area contributed by atoms with E-state index in [-0.39, 0.29) is 11.3 Å². The van der Waals surface area contributed by atoms with Gasteiger partial charge in [0, 0.05) is 5.69 Å². The third-order valence-electron chi connectivity index (χ3n) is 2.78. The van der Waals surface area contributed by atoms with Gasteiger partial charge in [-0.15, -0.1) is 0 Å². The van der Waals surface area contributed by atoms with Crippen molar-refractivity contribution in [3.05, 3.63) is 59.7 Å². The topological polar surface area (TPSA) is 87.7 Å². The van der Waals surface area contributed by atoms with Crippen LogP contribution in [-0.4, -0.2) is 16.7 Å². The maximum atomic E-state index is 11.9. The Balaban J connectivity index is 2.13. The Morgan fingerprint density at radius 3 is 2.65 bits per heavy atom. The van der Waals surface area contributed by atoms with E-state index in [0.29, 0.717) is 11.4 Å². The molecule has 0 fully saturated rings. The number of hydrazone groups is 1. The Kier molecular flexibility index (Phi) is 4.00. The van der Waals surface area contributed by atoms with Crippen molar-refractivity contribution in [2.45, 2.75) is 6.92 Å². The lowest BCUT2D eigenvalue weighted by Crippen LogP contribution is -2.19. The monoisotopic (exact) mass is 269 g/mol. The van der Waals surface area contributed by atoms with Crippen molar-refractivity contribution in [2.24, 2.45) is 5.10 Å². The number of benzene rings is 2. The largest absolute Gasteiger partial charge is 0.507 e. The zero-order valence-corrected chi connectivity index (χ0v) is 11.0. The second-order valence-corrected chi connectivity index (χ2v) is 4.28. The highest BCUT2D eigenvalue weighted by molar-refractivity contribution is 6.01. The van der Waals surface area contributed by atoms with Crippen LogP contribution in [0.4, 0.5) is 5.69 Å². The average Bonchev–Trinajstić information content (AvgIpc) is 2.45. The highest BCUT2D eigenvalue weighted by Crippen LogP contribution is 2.15. The smallest absolute Gasteiger partial charge is 0.275 e. The van der Waals surface area contributed by atoms with E-state index < -0.39 is 5.91 Å². The fourth-order valence-electron chi connectivity index (χ4n) is 1.69. The Morgan fingerprint density at radius 1 is 1.20 bits per heavy atom. The van der Waals surface area contributed by atoms with Gasteiger partial charge >= 0.3 is 0 Å². The van der Waals surface area contributed by atoms with Gasteiger partial charge in [-0.25, -0.2) is 5.43 Å². The fraction of sp³-hybridized carbons (Fsp3) is 0.0667. The van der Waals surface area contributed by atoms with E-state index in [2.05, 4.69) is 10.5 Å². The summed E-state index contributed by atoms with van der Waals surface area (Å²) in [6.45, 7) is 1.76. The van der Waals surface area contributed by atoms with Crippen LogP contribution in [0.1, 0.15) is 22.8 Å². The second-order valence-electron chi connectivity index (χ2n) is 4.28. The first-order chi connectivity index (χ1) is 9.58. The van der Waals surface area contributed by atoms with Gasteiger partial charge in [-0.2, -0.15) is 5.10 Å². The van der Waals surface area contributed by atoms with Crippen molar-refractivity contribution >= 4 is 17.3 Å². The molecule has 0 heterocycles. The van der Waals surface area contributed by atoms with E-state index in [9.17, 15) is 9.90 Å². The molecule has 5 heteroatoms. The van der Waals surface area contributed by atoms with Crippen LogP contribution < -0.4 is 11.2 Å². The quantitative estimate of drug-likeness (QED) is 0.453. The molecule has 2 aromatic rings. The average molecular weight is 269 g/mol. The summed E-state index contributed by atoms with van der Waals surface area (Å²) >= 11 is 0. The van der Waals surface area contributed by atoms with Crippen LogP contribution in [0, 0.1) is 0 Å². The lowest BCUT2D eigenvalue weighted by atomic mass is 10.1. The molecule has 0 spiro atoms. The molecule has 4 N–H and O–H groups in total. The number of hydrogen-bond acceptors (Lipinski definition) is 4. The van der Waals surface area contributed by atoms with Crippen molar-refractivity contribution in [3.8, 4) is 5.75 Å². The number of nitrogens with two attached hydrogens (primary N) is 1. The first-order valence-electron chi connectivity index (χ1n) is 6.06. The summed E-state index contributed by atoms with van der Waals surface area (Å²) in [6.07, 6.45) is 0. The first kappa shape index (κ1) is 13.6. The number of para-hydroxylation sites is 1. The van der Waals surface area contributed by atoms with Crippen molar-refractivity contribution in [2.75, 3.05) is 5.73 Å². The van der Waals surface area contributed by atoms with E-state index in [0.717, 1.165) is 5.56 Å². The van der Waals surface area contributed by atoms with Gasteiger partial charge in [-0.1, -0.05) is 24.3 Å². The number of nitrogens with one attached hydrogen (secondary N) is 1. The van der Waals surface area contributed by atoms with Gasteiger partial charge in [-0.05, 0) is 36.8 Å². The maximum absolute atomic E-state index is 11.9. The summed E-state index contributed by atoms with van der Waals surface area (Å²) in [5.41, 5.74) is 10.3. The minimum atomic E-state index is -0.466. The molecule has 0 aliphatic heterocycles. The number of nitrogen functional groups attached to an aromatic ring is 1. The van der Waals surface area contributed by atoms with Crippen molar-refractivity contribution in [1.82, 2.24) is 5.43 Å². The number of aromatic hydroxyl groups is 1. The van der Waals surface area contributed by atoms with Crippen LogP contribution in [0.3, 0.4) is 0 Å². The molecule has 0 saturated carbocycles. The standard InChI is InChI=1S/C15H15N3O2/c1-10(11-5-4-6-12(16)9-11)17-18-15(20)13-7-2-3-8-14(13)19/h2-9,19H,16H2,1H3,(H,18,20)/b17-10+. The number of rotatable bonds is 3. The van der Waals surface area contributed by atoms with Crippen molar-refractivity contribution in [3.63, 3.8) is 0 Å². The molecule has 0 unspecified atom stereocenters. The van der Waals surface area contributed by atoms with Gasteiger partial charge in [0.05, 0.1) is 11.3 Å². The van der Waals surface area contributed by atoms with Crippen LogP contribution >= 0.6 is 0 Å². The van der Waals surface area contributed by atoms with Gasteiger partial charge in [0.1, 0.15) is 5.75 Å². The molecule has 20 heavy (non-hydrogen) atoms. The van der Waals surface area contributed by atoms with Crippen LogP contribution in [0.25, 0.3) is 0 Å². The summed E-state index contributed by atoms with van der Waals surface area (Å²) in [5, 5.41) is 13.6. The van der Waals surface area contributed by atoms with Crippen LogP contribution in [0.5, 0.6) is 5.75 Å². The first-order valence-corrected chi connectivity index (χ1v) is 6.06. The van der Waals surface area contributed by atoms with Crippen molar-refractivity contribution in [1.29, 1.82) is 0 Å². The van der Waals surface area contributed by atoms with Crippen LogP contribution in [0.2, 0.25) is 0 Å². The van der Waals surface area contributed by atoms with Crippen molar-refractivity contribution < 1.29 is 9.90 Å². The summed E-state index contributed by atoms with van der Waals surface area (Å²) in [4.78, 5) is 11.9. The van der Waals surface area contributed by atoms with Gasteiger partial charge < -0.3 is 10.8 Å². The zero-order chi connectivity index (χ0) is 14.5. The van der Waals surface area contributed by atoms with Crippen LogP contribution in [-0.2, 0) is 0 Å². The van der Waals surface area contributed by atoms with Gasteiger partial charge in [0.2, 0.25) is 0 Å². The normalized spacial score (nSPS) is 11.2. The highest BCUT2D eigenvalue weighted by Gasteiger charge is 2.09. The Hall–Kier alpha value is -2.82. The van der Waals surface area contributed by atoms with Gasteiger partial charge in [0.25, 0.3) is 5.91 Å². The molecular weight excluding hydrogens is 254 g/mol. The number of carbonyl (C=O) groups is 1. The minimum Gasteiger partial charge on any atom is -0.507 e. The summed E-state index contributed by atoms with van der Waals surface area (Å²) in [7, 11) is 0. The molecule has 0 aliphatic rings. The highest BCUT2D eigenvalue weighted by atomic mass is 16.3. The van der Waals surface area contributed by atoms with E-state index in [1.54, 1.807) is 31.2 Å². The molecule has 0 atom stereocenters. The molecule has 102 valence electrons. The predicted molar refractivity (Wildman–Crippen MR) is 78.6 cm³/mol. The third kappa shape index (κ3) is 3.14. The van der Waals surface area contributed by atoms with E-state index in [4.69, 9.17) is 5.73 Å². The Labute approximate surface area is 116 Å². The molecule has 2 aromatic carbocycles. The Morgan fingerprint density at radius 2 is 1.95 bits per heavy atom. The summed E-state index contributed by atoms with van der Waals surface area (Å²) in [5.74, 6) is -0.548. The zero-order valence-electron chi connectivity index (χ0n) is 11.0. The molecule has 1 amide bonds. The summed E-state index contributed by atoms with van der Waals surface area (Å²) in [6, 6.07) is 13.5. The molecule has 0 radical (unpaired) electrons. The lowest BCUT2D eigenvalue weighted by Gasteiger charge is -2.05. The number of carbonyl (C=O) groups excluding carboxylic acids is 1. The number of amides is 1. The molecule has 5 nitrogen and oxygen atoms in total. The maximum Gasteiger partial charge on any atom is 0.275 e. The Bertz CT molecular complexity index is 666. The number of nitrogens with zero attached hydrogens (tertiary/aromatic N) is 1. The van der Waals surface area contributed by atoms with E-state index in [1.807, 2.05) is 12.1 Å². The van der Waals surface area contributed by atoms with Gasteiger partial charge in [0.15, 0.2) is 0 Å². The number of anilines is 1. The summed E-state index contributed by atoms with van der Waals surface area (Å²) < 4.78 is 0. The molecule has 0 bridgehead atoms. The lowest BCUT2D eigenvalue weighted by molar-refractivity contribution is 0.0952. The molecular formula is C15H15N3O2. The third-order valence-corrected chi connectivity index (χ3v) is 2.78. The number of hydrogen-bond donors (Lipinski definition) is 3. The molecule has 2 rings (SSSR count). The predicted octanol–water partition coefficient (Wildman–Crippen LogP) is 2.13. The number of phenols is 1. The number of phenolic OH excluding ortho intramolecular Hbond substituents is 1. The molecule has 0 aromatic heterocycles. The van der Waals surface area contributed by atoms with E-state index >= 15 is 0 Å². The SMILES string of the molecule is C/C(=N\NC(=O)c1ccccc1O)c1cccc(N)c1.